The Kier molecular flexibility index (Phi) is 8.04. The fourth-order valence-electron chi connectivity index (χ4n) is 4.63. The van der Waals surface area contributed by atoms with E-state index in [0.29, 0.717) is 5.75 Å². The molecule has 0 saturated carbocycles. The van der Waals surface area contributed by atoms with Gasteiger partial charge in [0.2, 0.25) is 11.2 Å². The van der Waals surface area contributed by atoms with E-state index >= 15 is 4.39 Å². The van der Waals surface area contributed by atoms with Crippen LogP contribution in [-0.2, 0) is 19.8 Å². The summed E-state index contributed by atoms with van der Waals surface area (Å²) in [4.78, 5) is 13.8. The van der Waals surface area contributed by atoms with E-state index in [1.165, 1.54) is 24.3 Å². The summed E-state index contributed by atoms with van der Waals surface area (Å²) in [6.07, 6.45) is 0. The van der Waals surface area contributed by atoms with Crippen LogP contribution in [0, 0.1) is 5.82 Å². The highest BCUT2D eigenvalue weighted by Crippen LogP contribution is 2.37. The lowest BCUT2D eigenvalue weighted by Crippen LogP contribution is -2.11. The summed E-state index contributed by atoms with van der Waals surface area (Å²) in [6, 6.07) is 35.5. The van der Waals surface area contributed by atoms with Crippen LogP contribution in [0.1, 0.15) is 16.7 Å². The second-order valence-electron chi connectivity index (χ2n) is 9.87. The van der Waals surface area contributed by atoms with Gasteiger partial charge in [0, 0.05) is 17.7 Å². The molecule has 0 bridgehead atoms. The van der Waals surface area contributed by atoms with Gasteiger partial charge in [-0.25, -0.2) is 4.39 Å². The zero-order chi connectivity index (χ0) is 29.6. The van der Waals surface area contributed by atoms with E-state index in [4.69, 9.17) is 18.6 Å². The Morgan fingerprint density at radius 1 is 0.651 bits per heavy atom. The molecule has 0 saturated heterocycles. The first-order valence-electron chi connectivity index (χ1n) is 13.7. The molecule has 0 aliphatic rings. The third-order valence-electron chi connectivity index (χ3n) is 6.81. The fourth-order valence-corrected chi connectivity index (χ4v) is 4.63. The van der Waals surface area contributed by atoms with Gasteiger partial charge >= 0.3 is 0 Å². The number of hydrogen-bond acceptors (Lipinski definition) is 6. The van der Waals surface area contributed by atoms with E-state index < -0.39 is 11.2 Å². The van der Waals surface area contributed by atoms with E-state index in [-0.39, 0.29) is 59.4 Å². The van der Waals surface area contributed by atoms with Crippen LogP contribution in [0.15, 0.2) is 131 Å². The number of phenols is 1. The minimum atomic E-state index is -0.632. The third kappa shape index (κ3) is 6.36. The zero-order valence-corrected chi connectivity index (χ0v) is 23.0. The maximum atomic E-state index is 15.3. The Morgan fingerprint density at radius 3 is 1.79 bits per heavy atom. The summed E-state index contributed by atoms with van der Waals surface area (Å²) >= 11 is 0. The van der Waals surface area contributed by atoms with E-state index in [0.717, 1.165) is 16.7 Å². The lowest BCUT2D eigenvalue weighted by atomic mass is 10.1. The van der Waals surface area contributed by atoms with Crippen molar-refractivity contribution in [3.63, 3.8) is 0 Å². The average molecular weight is 575 g/mol. The van der Waals surface area contributed by atoms with Crippen molar-refractivity contribution in [2.24, 2.45) is 0 Å². The van der Waals surface area contributed by atoms with Gasteiger partial charge in [0.05, 0.1) is 0 Å². The van der Waals surface area contributed by atoms with E-state index in [1.54, 1.807) is 6.07 Å². The summed E-state index contributed by atoms with van der Waals surface area (Å²) in [6.45, 7) is 0.499. The summed E-state index contributed by atoms with van der Waals surface area (Å²) in [7, 11) is 0. The second-order valence-corrected chi connectivity index (χ2v) is 9.87. The van der Waals surface area contributed by atoms with Gasteiger partial charge in [0.25, 0.3) is 0 Å². The zero-order valence-electron chi connectivity index (χ0n) is 23.0. The predicted octanol–water partition coefficient (Wildman–Crippen LogP) is 8.04. The number of hydrogen-bond donors (Lipinski definition) is 1. The lowest BCUT2D eigenvalue weighted by Gasteiger charge is -2.14. The second kappa shape index (κ2) is 12.5. The van der Waals surface area contributed by atoms with Crippen molar-refractivity contribution in [1.82, 2.24) is 0 Å². The van der Waals surface area contributed by atoms with Crippen molar-refractivity contribution >= 4 is 11.0 Å². The van der Waals surface area contributed by atoms with Crippen LogP contribution >= 0.6 is 0 Å². The van der Waals surface area contributed by atoms with Crippen molar-refractivity contribution in [1.29, 1.82) is 0 Å². The number of ether oxygens (including phenoxy) is 3. The molecule has 0 aliphatic heterocycles. The lowest BCUT2D eigenvalue weighted by molar-refractivity contribution is 0.290. The quantitative estimate of drug-likeness (QED) is 0.178. The van der Waals surface area contributed by atoms with Crippen LogP contribution in [0.25, 0.3) is 22.3 Å². The van der Waals surface area contributed by atoms with E-state index in [9.17, 15) is 9.90 Å². The Labute approximate surface area is 247 Å². The Bertz CT molecular complexity index is 1900. The number of halogens is 1. The molecule has 7 heteroatoms. The predicted molar refractivity (Wildman–Crippen MR) is 162 cm³/mol. The van der Waals surface area contributed by atoms with Crippen molar-refractivity contribution in [3.8, 4) is 34.3 Å². The Hall–Kier alpha value is -5.56. The maximum absolute atomic E-state index is 15.3. The topological polar surface area (TPSA) is 78.1 Å². The van der Waals surface area contributed by atoms with Crippen LogP contribution < -0.4 is 19.6 Å². The van der Waals surface area contributed by atoms with Gasteiger partial charge in [0.1, 0.15) is 42.3 Å². The van der Waals surface area contributed by atoms with Crippen molar-refractivity contribution in [3.05, 3.63) is 154 Å². The first-order valence-corrected chi connectivity index (χ1v) is 13.7. The van der Waals surface area contributed by atoms with Gasteiger partial charge in [-0.05, 0) is 34.9 Å². The van der Waals surface area contributed by atoms with E-state index in [2.05, 4.69) is 0 Å². The monoisotopic (exact) mass is 574 g/mol. The SMILES string of the molecule is O=c1c(OCc2ccccc2)c(-c2ccc(OCc3ccccc3)c(F)c2)oc2cc(OCc3ccccc3)cc(O)c12. The van der Waals surface area contributed by atoms with Crippen LogP contribution in [-0.4, -0.2) is 5.11 Å². The number of phenolic OH excluding ortho intramolecular Hbond substituents is 1. The van der Waals surface area contributed by atoms with E-state index in [1.807, 2.05) is 91.0 Å². The molecule has 43 heavy (non-hydrogen) atoms. The number of aromatic hydroxyl groups is 1. The molecule has 214 valence electrons. The highest BCUT2D eigenvalue weighted by molar-refractivity contribution is 5.88. The van der Waals surface area contributed by atoms with Crippen LogP contribution in [0.3, 0.4) is 0 Å². The van der Waals surface area contributed by atoms with Gasteiger partial charge in [-0.1, -0.05) is 91.0 Å². The molecule has 0 amide bonds. The minimum absolute atomic E-state index is 0.0153. The normalized spacial score (nSPS) is 10.9. The summed E-state index contributed by atoms with van der Waals surface area (Å²) in [5.41, 5.74) is 2.38. The molecule has 5 aromatic carbocycles. The molecule has 6 aromatic rings. The highest BCUT2D eigenvalue weighted by Gasteiger charge is 2.22. The fraction of sp³-hybridized carbons (Fsp3) is 0.0833. The number of rotatable bonds is 10. The first kappa shape index (κ1) is 27.6. The Morgan fingerprint density at radius 2 is 1.21 bits per heavy atom. The third-order valence-corrected chi connectivity index (χ3v) is 6.81. The smallest absolute Gasteiger partial charge is 0.239 e. The molecule has 0 fully saturated rings. The van der Waals surface area contributed by atoms with Gasteiger partial charge in [-0.15, -0.1) is 0 Å². The molecule has 6 nitrogen and oxygen atoms in total. The first-order chi connectivity index (χ1) is 21.0. The average Bonchev–Trinajstić information content (AvgIpc) is 3.04. The minimum Gasteiger partial charge on any atom is -0.507 e. The summed E-state index contributed by atoms with van der Waals surface area (Å²) in [5.74, 6) is -0.730. The highest BCUT2D eigenvalue weighted by atomic mass is 19.1. The van der Waals surface area contributed by atoms with Gasteiger partial charge in [-0.3, -0.25) is 4.79 Å². The van der Waals surface area contributed by atoms with Crippen molar-refractivity contribution in [2.75, 3.05) is 0 Å². The maximum Gasteiger partial charge on any atom is 0.239 e. The molecule has 6 rings (SSSR count). The molecule has 0 radical (unpaired) electrons. The number of benzene rings is 5. The number of fused-ring (bicyclic) bond motifs is 1. The van der Waals surface area contributed by atoms with Gasteiger partial charge in [-0.2, -0.15) is 0 Å². The summed E-state index contributed by atoms with van der Waals surface area (Å²) < 4.78 is 39.0. The Balaban J connectivity index is 1.37. The van der Waals surface area contributed by atoms with Gasteiger partial charge in [0.15, 0.2) is 17.3 Å². The molecule has 0 atom stereocenters. The van der Waals surface area contributed by atoms with Gasteiger partial charge < -0.3 is 23.7 Å². The van der Waals surface area contributed by atoms with Crippen LogP contribution in [0.2, 0.25) is 0 Å². The molecule has 1 N–H and O–H groups in total. The van der Waals surface area contributed by atoms with Crippen molar-refractivity contribution in [2.45, 2.75) is 19.8 Å². The van der Waals surface area contributed by atoms with Crippen LogP contribution in [0.4, 0.5) is 4.39 Å². The molecule has 0 unspecified atom stereocenters. The van der Waals surface area contributed by atoms with Crippen molar-refractivity contribution < 1.29 is 28.1 Å². The summed E-state index contributed by atoms with van der Waals surface area (Å²) in [5, 5.41) is 10.8. The molecule has 1 aromatic heterocycles. The molecular weight excluding hydrogens is 547 g/mol. The molecule has 0 spiro atoms. The molecule has 0 aliphatic carbocycles. The molecular formula is C36H27FO6. The largest absolute Gasteiger partial charge is 0.507 e. The molecule has 1 heterocycles. The van der Waals surface area contributed by atoms with Crippen LogP contribution in [0.5, 0.6) is 23.0 Å². The standard InChI is InChI=1S/C36H27FO6/c37-29-18-27(16-17-31(29)41-22-25-12-6-2-7-13-25)35-36(42-23-26-14-8-3-9-15-26)34(39)33-30(38)19-28(20-32(33)43-35)40-21-24-10-4-1-5-11-24/h1-20,38H,21-23H2.